The highest BCUT2D eigenvalue weighted by Crippen LogP contribution is 2.32. The summed E-state index contributed by atoms with van der Waals surface area (Å²) in [5, 5.41) is 3.80. The first-order chi connectivity index (χ1) is 12.6. The number of amides is 1. The summed E-state index contributed by atoms with van der Waals surface area (Å²) in [7, 11) is 1.61. The normalized spacial score (nSPS) is 12.2. The molecule has 0 spiro atoms. The number of carbonyl (C=O) groups is 1. The van der Waals surface area contributed by atoms with Gasteiger partial charge in [0.2, 0.25) is 6.79 Å². The Bertz CT molecular complexity index is 1000. The van der Waals surface area contributed by atoms with E-state index >= 15 is 0 Å². The topological polar surface area (TPSA) is 69.7 Å². The summed E-state index contributed by atoms with van der Waals surface area (Å²) in [6.45, 7) is 2.46. The van der Waals surface area contributed by atoms with Gasteiger partial charge in [0.1, 0.15) is 5.75 Å². The number of nitrogens with one attached hydrogen (secondary N) is 1. The summed E-state index contributed by atoms with van der Waals surface area (Å²) in [6.07, 6.45) is 0. The van der Waals surface area contributed by atoms with Crippen LogP contribution in [0, 0.1) is 6.92 Å². The molecule has 6 heteroatoms. The van der Waals surface area contributed by atoms with Crippen molar-refractivity contribution in [2.45, 2.75) is 13.5 Å². The van der Waals surface area contributed by atoms with Crippen molar-refractivity contribution in [1.29, 1.82) is 0 Å². The molecule has 0 atom stereocenters. The van der Waals surface area contributed by atoms with Crippen molar-refractivity contribution in [2.75, 3.05) is 13.9 Å². The molecule has 1 amide bonds. The minimum atomic E-state index is -0.169. The van der Waals surface area contributed by atoms with Crippen LogP contribution in [0.2, 0.25) is 0 Å². The first kappa shape index (κ1) is 16.2. The molecule has 0 bridgehead atoms. The molecule has 0 saturated heterocycles. The Hall–Kier alpha value is -3.28. The Morgan fingerprint density at radius 1 is 1.15 bits per heavy atom. The zero-order valence-electron chi connectivity index (χ0n) is 14.5. The maximum Gasteiger partial charge on any atom is 0.253 e. The second kappa shape index (κ2) is 6.55. The average Bonchev–Trinajstić information content (AvgIpc) is 3.13. The van der Waals surface area contributed by atoms with Crippen LogP contribution in [0.5, 0.6) is 17.2 Å². The van der Waals surface area contributed by atoms with Crippen LogP contribution in [0.1, 0.15) is 21.6 Å². The summed E-state index contributed by atoms with van der Waals surface area (Å²) >= 11 is 0. The third kappa shape index (κ3) is 3.01. The lowest BCUT2D eigenvalue weighted by molar-refractivity contribution is 0.0950. The van der Waals surface area contributed by atoms with Gasteiger partial charge in [-0.2, -0.15) is 0 Å². The molecule has 0 unspecified atom stereocenters. The van der Waals surface area contributed by atoms with Crippen LogP contribution >= 0.6 is 0 Å². The molecule has 1 N–H and O–H groups in total. The molecule has 3 aromatic rings. The van der Waals surface area contributed by atoms with Gasteiger partial charge >= 0.3 is 0 Å². The summed E-state index contributed by atoms with van der Waals surface area (Å²) in [5.41, 5.74) is 3.00. The quantitative estimate of drug-likeness (QED) is 0.782. The van der Waals surface area contributed by atoms with E-state index in [2.05, 4.69) is 10.3 Å². The lowest BCUT2D eigenvalue weighted by Gasteiger charge is -2.10. The number of benzene rings is 2. The second-order valence-corrected chi connectivity index (χ2v) is 6.05. The summed E-state index contributed by atoms with van der Waals surface area (Å²) in [4.78, 5) is 17.2. The predicted molar refractivity (Wildman–Crippen MR) is 96.8 cm³/mol. The van der Waals surface area contributed by atoms with E-state index in [1.165, 1.54) is 0 Å². The Morgan fingerprint density at radius 2 is 2.00 bits per heavy atom. The monoisotopic (exact) mass is 350 g/mol. The number of ether oxygens (including phenoxy) is 3. The predicted octanol–water partition coefficient (Wildman–Crippen LogP) is 3.21. The summed E-state index contributed by atoms with van der Waals surface area (Å²) in [5.74, 6) is 1.99. The van der Waals surface area contributed by atoms with Crippen molar-refractivity contribution in [3.05, 3.63) is 59.3 Å². The third-order valence-corrected chi connectivity index (χ3v) is 4.35. The van der Waals surface area contributed by atoms with E-state index in [9.17, 15) is 4.79 Å². The van der Waals surface area contributed by atoms with E-state index in [-0.39, 0.29) is 12.7 Å². The highest BCUT2D eigenvalue weighted by atomic mass is 16.7. The molecular formula is C20H18N2O4. The first-order valence-electron chi connectivity index (χ1n) is 8.26. The van der Waals surface area contributed by atoms with Gasteiger partial charge in [0.25, 0.3) is 5.91 Å². The average molecular weight is 350 g/mol. The second-order valence-electron chi connectivity index (χ2n) is 6.05. The zero-order chi connectivity index (χ0) is 18.1. The lowest BCUT2D eigenvalue weighted by Crippen LogP contribution is -2.24. The van der Waals surface area contributed by atoms with Gasteiger partial charge in [0, 0.05) is 11.9 Å². The van der Waals surface area contributed by atoms with Crippen LogP contribution < -0.4 is 19.5 Å². The maximum absolute atomic E-state index is 12.6. The highest BCUT2D eigenvalue weighted by molar-refractivity contribution is 5.98. The van der Waals surface area contributed by atoms with E-state index in [0.29, 0.717) is 23.6 Å². The van der Waals surface area contributed by atoms with Crippen LogP contribution in [-0.2, 0) is 6.54 Å². The fraction of sp³-hybridized carbons (Fsp3) is 0.200. The van der Waals surface area contributed by atoms with E-state index in [4.69, 9.17) is 14.2 Å². The molecule has 0 fully saturated rings. The number of carbonyl (C=O) groups excluding carboxylic acids is 1. The third-order valence-electron chi connectivity index (χ3n) is 4.35. The molecule has 0 saturated carbocycles. The molecule has 2 heterocycles. The summed E-state index contributed by atoms with van der Waals surface area (Å²) in [6, 6.07) is 13.1. The van der Waals surface area contributed by atoms with Crippen molar-refractivity contribution < 1.29 is 19.0 Å². The molecule has 6 nitrogen and oxygen atoms in total. The number of hydrogen-bond acceptors (Lipinski definition) is 5. The minimum Gasteiger partial charge on any atom is -0.497 e. The van der Waals surface area contributed by atoms with Gasteiger partial charge in [0.15, 0.2) is 11.5 Å². The van der Waals surface area contributed by atoms with Gasteiger partial charge < -0.3 is 19.5 Å². The van der Waals surface area contributed by atoms with Crippen molar-refractivity contribution >= 4 is 16.8 Å². The van der Waals surface area contributed by atoms with Crippen molar-refractivity contribution in [2.24, 2.45) is 0 Å². The van der Waals surface area contributed by atoms with Gasteiger partial charge in [-0.25, -0.2) is 0 Å². The van der Waals surface area contributed by atoms with Crippen molar-refractivity contribution in [3.63, 3.8) is 0 Å². The first-order valence-corrected chi connectivity index (χ1v) is 8.26. The summed E-state index contributed by atoms with van der Waals surface area (Å²) < 4.78 is 15.9. The van der Waals surface area contributed by atoms with Gasteiger partial charge in [-0.3, -0.25) is 9.78 Å². The molecule has 26 heavy (non-hydrogen) atoms. The molecule has 2 aromatic carbocycles. The molecule has 1 aromatic heterocycles. The Morgan fingerprint density at radius 3 is 2.85 bits per heavy atom. The molecule has 4 rings (SSSR count). The number of aromatic nitrogens is 1. The number of fused-ring (bicyclic) bond motifs is 2. The SMILES string of the molecule is COc1ccc2nc(C)c(C(=O)NCc3ccc4c(c3)OCO4)cc2c1. The van der Waals surface area contributed by atoms with Crippen LogP contribution in [0.25, 0.3) is 10.9 Å². The maximum atomic E-state index is 12.6. The smallest absolute Gasteiger partial charge is 0.253 e. The van der Waals surface area contributed by atoms with Crippen molar-refractivity contribution in [3.8, 4) is 17.2 Å². The number of rotatable bonds is 4. The lowest BCUT2D eigenvalue weighted by atomic mass is 10.1. The Kier molecular flexibility index (Phi) is 4.08. The van der Waals surface area contributed by atoms with Crippen molar-refractivity contribution in [1.82, 2.24) is 10.3 Å². The number of hydrogen-bond donors (Lipinski definition) is 1. The fourth-order valence-corrected chi connectivity index (χ4v) is 2.94. The van der Waals surface area contributed by atoms with Crippen LogP contribution in [0.15, 0.2) is 42.5 Å². The van der Waals surface area contributed by atoms with E-state index in [0.717, 1.165) is 28.0 Å². The minimum absolute atomic E-state index is 0.169. The zero-order valence-corrected chi connectivity index (χ0v) is 14.5. The van der Waals surface area contributed by atoms with Gasteiger partial charge in [0.05, 0.1) is 23.9 Å². The molecule has 132 valence electrons. The Labute approximate surface area is 150 Å². The highest BCUT2D eigenvalue weighted by Gasteiger charge is 2.15. The van der Waals surface area contributed by atoms with E-state index in [1.54, 1.807) is 7.11 Å². The molecular weight excluding hydrogens is 332 g/mol. The van der Waals surface area contributed by atoms with Crippen LogP contribution in [-0.4, -0.2) is 24.8 Å². The number of methoxy groups -OCH3 is 1. The fourth-order valence-electron chi connectivity index (χ4n) is 2.94. The number of pyridine rings is 1. The van der Waals surface area contributed by atoms with E-state index < -0.39 is 0 Å². The van der Waals surface area contributed by atoms with Gasteiger partial charge in [-0.1, -0.05) is 6.07 Å². The molecule has 0 radical (unpaired) electrons. The van der Waals surface area contributed by atoms with E-state index in [1.807, 2.05) is 49.4 Å². The van der Waals surface area contributed by atoms with Gasteiger partial charge in [-0.05, 0) is 48.9 Å². The van der Waals surface area contributed by atoms with Crippen LogP contribution in [0.3, 0.4) is 0 Å². The molecule has 1 aliphatic heterocycles. The molecule has 0 aliphatic carbocycles. The standard InChI is InChI=1S/C20H18N2O4/c1-12-16(9-14-8-15(24-2)4-5-17(14)22-12)20(23)21-10-13-3-6-18-19(7-13)26-11-25-18/h3-9H,10-11H2,1-2H3,(H,21,23). The largest absolute Gasteiger partial charge is 0.497 e. The van der Waals surface area contributed by atoms with Gasteiger partial charge in [-0.15, -0.1) is 0 Å². The van der Waals surface area contributed by atoms with Crippen LogP contribution in [0.4, 0.5) is 0 Å². The Balaban J connectivity index is 1.54. The molecule has 1 aliphatic rings. The number of aryl methyl sites for hydroxylation is 1. The number of nitrogens with zero attached hydrogens (tertiary/aromatic N) is 1.